The molecule has 0 aliphatic heterocycles. The zero-order valence-electron chi connectivity index (χ0n) is 28.7. The first kappa shape index (κ1) is 41.9. The lowest BCUT2D eigenvalue weighted by Crippen LogP contribution is -2.28. The van der Waals surface area contributed by atoms with Crippen LogP contribution in [0.2, 0.25) is 0 Å². The number of unbranched alkanes of at least 4 members (excludes halogenated alkanes) is 16. The number of carbonyl (C=O) groups excluding carboxylic acids is 2. The summed E-state index contributed by atoms with van der Waals surface area (Å²) < 4.78 is 10.5. The van der Waals surface area contributed by atoms with Crippen LogP contribution in [0, 0.1) is 0 Å². The van der Waals surface area contributed by atoms with E-state index in [0.717, 1.165) is 44.9 Å². The number of hydrogen-bond acceptors (Lipinski definition) is 5. The number of rotatable bonds is 32. The van der Waals surface area contributed by atoms with Crippen LogP contribution in [-0.4, -0.2) is 36.4 Å². The summed E-state index contributed by atoms with van der Waals surface area (Å²) in [7, 11) is 0. The van der Waals surface area contributed by atoms with Crippen LogP contribution < -0.4 is 0 Å². The van der Waals surface area contributed by atoms with Gasteiger partial charge in [-0.25, -0.2) is 0 Å². The van der Waals surface area contributed by atoms with Crippen LogP contribution in [-0.2, 0) is 19.1 Å². The molecular formula is C39H68O5. The van der Waals surface area contributed by atoms with E-state index in [1.54, 1.807) is 0 Å². The standard InChI is InChI=1S/C39H68O5/c1-3-5-7-9-11-13-15-17-18-19-20-22-24-26-28-30-32-34-39(42)44-37(35-40)36-43-38(41)33-31-29-27-25-23-21-16-14-12-10-8-6-4-2/h11,13,17-18,21,23,27,29,37,40H,3-10,12,14-16,19-20,22,24-26,28,30-36H2,1-2H3/b13-11+,18-17+,23-21+,29-27+. The third kappa shape index (κ3) is 32.8. The Bertz CT molecular complexity index is 752. The minimum Gasteiger partial charge on any atom is -0.462 e. The Kier molecular flexibility index (Phi) is 33.6. The van der Waals surface area contributed by atoms with Crippen molar-refractivity contribution in [1.82, 2.24) is 0 Å². The Morgan fingerprint density at radius 1 is 0.523 bits per heavy atom. The van der Waals surface area contributed by atoms with Gasteiger partial charge in [-0.1, -0.05) is 140 Å². The van der Waals surface area contributed by atoms with E-state index in [9.17, 15) is 14.7 Å². The van der Waals surface area contributed by atoms with Crippen molar-refractivity contribution in [3.63, 3.8) is 0 Å². The van der Waals surface area contributed by atoms with Crippen molar-refractivity contribution < 1.29 is 24.2 Å². The van der Waals surface area contributed by atoms with Crippen molar-refractivity contribution in [1.29, 1.82) is 0 Å². The molecule has 0 fully saturated rings. The molecule has 0 spiro atoms. The van der Waals surface area contributed by atoms with E-state index in [2.05, 4.69) is 56.4 Å². The Balaban J connectivity index is 3.66. The first-order valence-electron chi connectivity index (χ1n) is 18.2. The van der Waals surface area contributed by atoms with Gasteiger partial charge in [-0.2, -0.15) is 0 Å². The molecule has 0 aromatic carbocycles. The molecule has 0 amide bonds. The maximum absolute atomic E-state index is 12.1. The van der Waals surface area contributed by atoms with Crippen molar-refractivity contribution in [3.05, 3.63) is 48.6 Å². The van der Waals surface area contributed by atoms with Gasteiger partial charge in [0.05, 0.1) is 6.61 Å². The van der Waals surface area contributed by atoms with Gasteiger partial charge in [0.2, 0.25) is 0 Å². The lowest BCUT2D eigenvalue weighted by molar-refractivity contribution is -0.161. The Labute approximate surface area is 271 Å². The molecule has 5 heteroatoms. The number of esters is 2. The van der Waals surface area contributed by atoms with Gasteiger partial charge in [-0.3, -0.25) is 9.59 Å². The molecule has 0 rings (SSSR count). The highest BCUT2D eigenvalue weighted by Crippen LogP contribution is 2.12. The molecule has 0 aliphatic carbocycles. The van der Waals surface area contributed by atoms with Crippen LogP contribution in [0.15, 0.2) is 48.6 Å². The summed E-state index contributed by atoms with van der Waals surface area (Å²) >= 11 is 0. The molecule has 5 nitrogen and oxygen atoms in total. The smallest absolute Gasteiger partial charge is 0.306 e. The Morgan fingerprint density at radius 3 is 1.48 bits per heavy atom. The van der Waals surface area contributed by atoms with Crippen molar-refractivity contribution >= 4 is 11.9 Å². The average molecular weight is 617 g/mol. The predicted molar refractivity (Wildman–Crippen MR) is 187 cm³/mol. The van der Waals surface area contributed by atoms with Gasteiger partial charge in [-0.15, -0.1) is 0 Å². The Hall–Kier alpha value is -2.14. The Morgan fingerprint density at radius 2 is 0.955 bits per heavy atom. The molecule has 0 radical (unpaired) electrons. The minimum absolute atomic E-state index is 0.100. The fourth-order valence-corrected chi connectivity index (χ4v) is 4.81. The third-order valence-corrected chi connectivity index (χ3v) is 7.61. The van der Waals surface area contributed by atoms with Crippen LogP contribution >= 0.6 is 0 Å². The van der Waals surface area contributed by atoms with Gasteiger partial charge in [0, 0.05) is 12.8 Å². The first-order valence-corrected chi connectivity index (χ1v) is 18.2. The quantitative estimate of drug-likeness (QED) is 0.0462. The summed E-state index contributed by atoms with van der Waals surface area (Å²) in [6, 6.07) is 0. The zero-order valence-corrected chi connectivity index (χ0v) is 28.7. The van der Waals surface area contributed by atoms with Gasteiger partial charge >= 0.3 is 11.9 Å². The first-order chi connectivity index (χ1) is 21.6. The molecule has 254 valence electrons. The molecule has 0 heterocycles. The van der Waals surface area contributed by atoms with Gasteiger partial charge in [-0.05, 0) is 64.2 Å². The van der Waals surface area contributed by atoms with E-state index in [-0.39, 0.29) is 31.6 Å². The average Bonchev–Trinajstić information content (AvgIpc) is 3.02. The highest BCUT2D eigenvalue weighted by Gasteiger charge is 2.15. The molecule has 1 N–H and O–H groups in total. The summed E-state index contributed by atoms with van der Waals surface area (Å²) in [5.41, 5.74) is 0. The predicted octanol–water partition coefficient (Wildman–Crippen LogP) is 11.1. The van der Waals surface area contributed by atoms with Crippen molar-refractivity contribution in [2.75, 3.05) is 13.2 Å². The van der Waals surface area contributed by atoms with Crippen molar-refractivity contribution in [2.45, 2.75) is 174 Å². The molecule has 1 atom stereocenters. The maximum atomic E-state index is 12.1. The van der Waals surface area contributed by atoms with Gasteiger partial charge < -0.3 is 14.6 Å². The van der Waals surface area contributed by atoms with Gasteiger partial charge in [0.25, 0.3) is 0 Å². The van der Waals surface area contributed by atoms with Gasteiger partial charge in [0.15, 0.2) is 6.10 Å². The van der Waals surface area contributed by atoms with Crippen molar-refractivity contribution in [3.8, 4) is 0 Å². The minimum atomic E-state index is -0.797. The number of ether oxygens (including phenoxy) is 2. The molecular weight excluding hydrogens is 548 g/mol. The molecule has 0 aromatic heterocycles. The molecule has 0 bridgehead atoms. The van der Waals surface area contributed by atoms with E-state index in [0.29, 0.717) is 12.8 Å². The lowest BCUT2D eigenvalue weighted by atomic mass is 10.1. The molecule has 0 aliphatic rings. The normalized spacial score (nSPS) is 12.7. The van der Waals surface area contributed by atoms with Crippen LogP contribution in [0.5, 0.6) is 0 Å². The maximum Gasteiger partial charge on any atom is 0.306 e. The highest BCUT2D eigenvalue weighted by atomic mass is 16.6. The second-order valence-corrected chi connectivity index (χ2v) is 11.9. The summed E-state index contributed by atoms with van der Waals surface area (Å²) in [4.78, 5) is 24.1. The van der Waals surface area contributed by atoms with E-state index in [1.807, 2.05) is 6.08 Å². The fraction of sp³-hybridized carbons (Fsp3) is 0.744. The number of aliphatic hydroxyl groups excluding tert-OH is 1. The third-order valence-electron chi connectivity index (χ3n) is 7.61. The molecule has 0 saturated heterocycles. The van der Waals surface area contributed by atoms with Crippen LogP contribution in [0.1, 0.15) is 168 Å². The van der Waals surface area contributed by atoms with Crippen LogP contribution in [0.4, 0.5) is 0 Å². The summed E-state index contributed by atoms with van der Waals surface area (Å²) in [6.07, 6.45) is 43.2. The number of aliphatic hydroxyl groups is 1. The zero-order chi connectivity index (χ0) is 32.2. The molecule has 0 saturated carbocycles. The molecule has 44 heavy (non-hydrogen) atoms. The van der Waals surface area contributed by atoms with E-state index in [4.69, 9.17) is 9.47 Å². The molecule has 1 unspecified atom stereocenters. The second kappa shape index (κ2) is 35.3. The second-order valence-electron chi connectivity index (χ2n) is 11.9. The topological polar surface area (TPSA) is 72.8 Å². The van der Waals surface area contributed by atoms with E-state index in [1.165, 1.54) is 89.9 Å². The summed E-state index contributed by atoms with van der Waals surface area (Å²) in [5.74, 6) is -0.681. The fourth-order valence-electron chi connectivity index (χ4n) is 4.81. The largest absolute Gasteiger partial charge is 0.462 e. The van der Waals surface area contributed by atoms with Gasteiger partial charge in [0.1, 0.15) is 6.61 Å². The highest BCUT2D eigenvalue weighted by molar-refractivity contribution is 5.70. The summed E-state index contributed by atoms with van der Waals surface area (Å²) in [6.45, 7) is 4.03. The molecule has 0 aromatic rings. The summed E-state index contributed by atoms with van der Waals surface area (Å²) in [5, 5.41) is 9.51. The lowest BCUT2D eigenvalue weighted by Gasteiger charge is -2.15. The van der Waals surface area contributed by atoms with E-state index < -0.39 is 6.10 Å². The monoisotopic (exact) mass is 617 g/mol. The number of hydrogen-bond donors (Lipinski definition) is 1. The number of allylic oxidation sites excluding steroid dienone is 8. The van der Waals surface area contributed by atoms with Crippen LogP contribution in [0.3, 0.4) is 0 Å². The van der Waals surface area contributed by atoms with Crippen molar-refractivity contribution in [2.24, 2.45) is 0 Å². The van der Waals surface area contributed by atoms with Crippen LogP contribution in [0.25, 0.3) is 0 Å². The number of carbonyl (C=O) groups is 2. The van der Waals surface area contributed by atoms with E-state index >= 15 is 0 Å². The SMILES string of the molecule is CCCCC/C=C/C/C=C/CCCCCCCCCC(=O)OC(CO)COC(=O)CC/C=C/C/C=C/CCCCCCCC.